The van der Waals surface area contributed by atoms with E-state index in [9.17, 15) is 9.90 Å². The summed E-state index contributed by atoms with van der Waals surface area (Å²) in [5.41, 5.74) is 0.547. The molecule has 3 nitrogen and oxygen atoms in total. The summed E-state index contributed by atoms with van der Waals surface area (Å²) >= 11 is 0. The zero-order valence-corrected chi connectivity index (χ0v) is 10.7. The van der Waals surface area contributed by atoms with E-state index >= 15 is 0 Å². The second-order valence-corrected chi connectivity index (χ2v) is 4.79. The molecule has 1 N–H and O–H groups in total. The predicted molar refractivity (Wildman–Crippen MR) is 66.8 cm³/mol. The van der Waals surface area contributed by atoms with Crippen molar-refractivity contribution >= 4 is 5.97 Å². The molecule has 1 rings (SSSR count). The van der Waals surface area contributed by atoms with Gasteiger partial charge < -0.3 is 9.84 Å². The number of carbonyl (C=O) groups excluding carboxylic acids is 1. The number of phenolic OH excluding ortho intramolecular Hbond substituents is 1. The normalized spacial score (nSPS) is 11.2. The van der Waals surface area contributed by atoms with Crippen LogP contribution >= 0.6 is 0 Å². The molecule has 0 atom stereocenters. The van der Waals surface area contributed by atoms with Gasteiger partial charge in [0.2, 0.25) is 0 Å². The van der Waals surface area contributed by atoms with E-state index in [2.05, 4.69) is 0 Å². The van der Waals surface area contributed by atoms with E-state index in [1.807, 2.05) is 26.8 Å². The van der Waals surface area contributed by atoms with E-state index < -0.39 is 5.41 Å². The van der Waals surface area contributed by atoms with Crippen LogP contribution in [0.25, 0.3) is 0 Å². The second-order valence-electron chi connectivity index (χ2n) is 4.79. The zero-order valence-electron chi connectivity index (χ0n) is 10.7. The lowest BCUT2D eigenvalue weighted by Crippen LogP contribution is -2.26. The van der Waals surface area contributed by atoms with Gasteiger partial charge in [-0.25, -0.2) is 0 Å². The van der Waals surface area contributed by atoms with Gasteiger partial charge in [-0.3, -0.25) is 4.79 Å². The van der Waals surface area contributed by atoms with Crippen molar-refractivity contribution in [3.63, 3.8) is 0 Å². The highest BCUT2D eigenvalue weighted by Crippen LogP contribution is 2.21. The highest BCUT2D eigenvalue weighted by Gasteiger charge is 2.26. The summed E-state index contributed by atoms with van der Waals surface area (Å²) in [7, 11) is 0. The molecule has 1 aromatic carbocycles. The fourth-order valence-electron chi connectivity index (χ4n) is 1.31. The van der Waals surface area contributed by atoms with E-state index in [0.717, 1.165) is 12.0 Å². The number of esters is 1. The number of phenols is 1. The van der Waals surface area contributed by atoms with Gasteiger partial charge in [0.05, 0.1) is 12.0 Å². The zero-order chi connectivity index (χ0) is 12.9. The third-order valence-corrected chi connectivity index (χ3v) is 2.97. The summed E-state index contributed by atoms with van der Waals surface area (Å²) in [6.45, 7) is 6.08. The summed E-state index contributed by atoms with van der Waals surface area (Å²) in [5.74, 6) is 0.0721. The molecule has 3 heteroatoms. The third-order valence-electron chi connectivity index (χ3n) is 2.97. The Morgan fingerprint density at radius 1 is 1.41 bits per heavy atom. The number of ether oxygens (including phenoxy) is 1. The molecule has 1 aromatic rings. The minimum atomic E-state index is -0.418. The van der Waals surface area contributed by atoms with Gasteiger partial charge >= 0.3 is 5.97 Å². The standard InChI is InChI=1S/C14H20O3/c1-4-14(2,3)13(16)17-9-8-11-6-5-7-12(15)10-11/h5-7,10,15H,4,8-9H2,1-3H3. The highest BCUT2D eigenvalue weighted by molar-refractivity contribution is 5.75. The first-order valence-electron chi connectivity index (χ1n) is 5.91. The third kappa shape index (κ3) is 4.10. The fourth-order valence-corrected chi connectivity index (χ4v) is 1.31. The molecule has 0 amide bonds. The molecule has 0 spiro atoms. The number of aromatic hydroxyl groups is 1. The van der Waals surface area contributed by atoms with Crippen LogP contribution in [-0.2, 0) is 16.0 Å². The summed E-state index contributed by atoms with van der Waals surface area (Å²) in [6, 6.07) is 6.98. The average molecular weight is 236 g/mol. The Kier molecular flexibility index (Phi) is 4.55. The van der Waals surface area contributed by atoms with Gasteiger partial charge in [-0.05, 0) is 38.0 Å². The van der Waals surface area contributed by atoms with Crippen molar-refractivity contribution in [2.24, 2.45) is 5.41 Å². The van der Waals surface area contributed by atoms with Crippen LogP contribution in [0.3, 0.4) is 0 Å². The van der Waals surface area contributed by atoms with E-state index in [1.165, 1.54) is 0 Å². The van der Waals surface area contributed by atoms with E-state index in [4.69, 9.17) is 4.74 Å². The first-order chi connectivity index (χ1) is 7.95. The van der Waals surface area contributed by atoms with Gasteiger partial charge in [-0.1, -0.05) is 19.1 Å². The largest absolute Gasteiger partial charge is 0.508 e. The molecule has 17 heavy (non-hydrogen) atoms. The maximum absolute atomic E-state index is 11.7. The van der Waals surface area contributed by atoms with Crippen LogP contribution in [-0.4, -0.2) is 17.7 Å². The van der Waals surface area contributed by atoms with Crippen LogP contribution in [0.1, 0.15) is 32.8 Å². The van der Waals surface area contributed by atoms with Gasteiger partial charge in [0.25, 0.3) is 0 Å². The lowest BCUT2D eigenvalue weighted by atomic mass is 9.91. The van der Waals surface area contributed by atoms with E-state index in [0.29, 0.717) is 13.0 Å². The fraction of sp³-hybridized carbons (Fsp3) is 0.500. The molecule has 0 fully saturated rings. The molecule has 0 heterocycles. The van der Waals surface area contributed by atoms with Crippen LogP contribution in [0.5, 0.6) is 5.75 Å². The van der Waals surface area contributed by atoms with E-state index in [-0.39, 0.29) is 11.7 Å². The van der Waals surface area contributed by atoms with Crippen molar-refractivity contribution in [3.8, 4) is 5.75 Å². The van der Waals surface area contributed by atoms with Gasteiger partial charge in [0.15, 0.2) is 0 Å². The van der Waals surface area contributed by atoms with Gasteiger partial charge in [0.1, 0.15) is 5.75 Å². The van der Waals surface area contributed by atoms with Crippen molar-refractivity contribution in [1.29, 1.82) is 0 Å². The van der Waals surface area contributed by atoms with Gasteiger partial charge in [0, 0.05) is 6.42 Å². The molecule has 0 aliphatic carbocycles. The molecule has 0 aliphatic heterocycles. The number of benzene rings is 1. The first kappa shape index (κ1) is 13.6. The first-order valence-corrected chi connectivity index (χ1v) is 5.91. The predicted octanol–water partition coefficient (Wildman–Crippen LogP) is 2.91. The molecule has 0 aliphatic rings. The van der Waals surface area contributed by atoms with Gasteiger partial charge in [-0.2, -0.15) is 0 Å². The molecule has 0 bridgehead atoms. The Balaban J connectivity index is 2.41. The molecule has 0 saturated carbocycles. The Hall–Kier alpha value is -1.51. The number of rotatable bonds is 5. The van der Waals surface area contributed by atoms with Crippen LogP contribution in [0, 0.1) is 5.41 Å². The van der Waals surface area contributed by atoms with Crippen LogP contribution < -0.4 is 0 Å². The SMILES string of the molecule is CCC(C)(C)C(=O)OCCc1cccc(O)c1. The number of hydrogen-bond acceptors (Lipinski definition) is 3. The summed E-state index contributed by atoms with van der Waals surface area (Å²) < 4.78 is 5.22. The van der Waals surface area contributed by atoms with Crippen LogP contribution in [0.15, 0.2) is 24.3 Å². The monoisotopic (exact) mass is 236 g/mol. The Bertz CT molecular complexity index is 383. The van der Waals surface area contributed by atoms with Crippen molar-refractivity contribution in [3.05, 3.63) is 29.8 Å². The average Bonchev–Trinajstić information content (AvgIpc) is 2.29. The molecule has 0 radical (unpaired) electrons. The summed E-state index contributed by atoms with van der Waals surface area (Å²) in [4.78, 5) is 11.7. The smallest absolute Gasteiger partial charge is 0.311 e. The minimum Gasteiger partial charge on any atom is -0.508 e. The minimum absolute atomic E-state index is 0.167. The Morgan fingerprint density at radius 2 is 2.12 bits per heavy atom. The lowest BCUT2D eigenvalue weighted by molar-refractivity contribution is -0.154. The highest BCUT2D eigenvalue weighted by atomic mass is 16.5. The van der Waals surface area contributed by atoms with Crippen molar-refractivity contribution in [2.75, 3.05) is 6.61 Å². The lowest BCUT2D eigenvalue weighted by Gasteiger charge is -2.20. The Labute approximate surface area is 102 Å². The van der Waals surface area contributed by atoms with Crippen molar-refractivity contribution in [2.45, 2.75) is 33.6 Å². The molecular formula is C14H20O3. The maximum atomic E-state index is 11.7. The molecule has 0 unspecified atom stereocenters. The van der Waals surface area contributed by atoms with Crippen LogP contribution in [0.2, 0.25) is 0 Å². The van der Waals surface area contributed by atoms with E-state index in [1.54, 1.807) is 18.2 Å². The Morgan fingerprint density at radius 3 is 2.71 bits per heavy atom. The molecule has 94 valence electrons. The quantitative estimate of drug-likeness (QED) is 0.799. The summed E-state index contributed by atoms with van der Waals surface area (Å²) in [5, 5.41) is 9.28. The second kappa shape index (κ2) is 5.71. The van der Waals surface area contributed by atoms with Crippen molar-refractivity contribution < 1.29 is 14.6 Å². The molecule has 0 saturated heterocycles. The van der Waals surface area contributed by atoms with Gasteiger partial charge in [-0.15, -0.1) is 0 Å². The molecule has 0 aromatic heterocycles. The molecular weight excluding hydrogens is 216 g/mol. The number of carbonyl (C=O) groups is 1. The number of hydrogen-bond donors (Lipinski definition) is 1. The van der Waals surface area contributed by atoms with Crippen molar-refractivity contribution in [1.82, 2.24) is 0 Å². The topological polar surface area (TPSA) is 46.5 Å². The van der Waals surface area contributed by atoms with Crippen LogP contribution in [0.4, 0.5) is 0 Å². The summed E-state index contributed by atoms with van der Waals surface area (Å²) in [6.07, 6.45) is 1.39. The maximum Gasteiger partial charge on any atom is 0.311 e.